The Labute approximate surface area is 95.1 Å². The van der Waals surface area contributed by atoms with Crippen LogP contribution in [0.2, 0.25) is 0 Å². The molecule has 0 amide bonds. The lowest BCUT2D eigenvalue weighted by Crippen LogP contribution is -2.03. The Balaban J connectivity index is 2.18. The quantitative estimate of drug-likeness (QED) is 0.771. The summed E-state index contributed by atoms with van der Waals surface area (Å²) in [5.74, 6) is 0. The maximum Gasteiger partial charge on any atom is 0.0697 e. The molecule has 16 heavy (non-hydrogen) atoms. The minimum atomic E-state index is 0.755. The maximum absolute atomic E-state index is 5.50. The van der Waals surface area contributed by atoms with Gasteiger partial charge < -0.3 is 5.73 Å². The Hall–Kier alpha value is -1.68. The van der Waals surface area contributed by atoms with Crippen LogP contribution in [0, 0.1) is 0 Å². The first-order valence-corrected chi connectivity index (χ1v) is 5.56. The van der Waals surface area contributed by atoms with Crippen LogP contribution in [0.15, 0.2) is 36.7 Å². The molecule has 84 valence electrons. The van der Waals surface area contributed by atoms with Gasteiger partial charge in [-0.3, -0.25) is 0 Å². The van der Waals surface area contributed by atoms with Crippen LogP contribution in [0.25, 0.3) is 5.69 Å². The molecule has 0 atom stereocenters. The van der Waals surface area contributed by atoms with Gasteiger partial charge in [0.05, 0.1) is 18.1 Å². The highest BCUT2D eigenvalue weighted by atomic mass is 15.4. The molecular weight excluding hydrogens is 200 g/mol. The predicted molar refractivity (Wildman–Crippen MR) is 63.4 cm³/mol. The van der Waals surface area contributed by atoms with E-state index in [1.54, 1.807) is 10.9 Å². The van der Waals surface area contributed by atoms with E-state index in [4.69, 9.17) is 5.73 Å². The van der Waals surface area contributed by atoms with E-state index >= 15 is 0 Å². The van der Waals surface area contributed by atoms with Crippen LogP contribution in [-0.4, -0.2) is 21.5 Å². The summed E-state index contributed by atoms with van der Waals surface area (Å²) < 4.78 is 1.80. The van der Waals surface area contributed by atoms with E-state index < -0.39 is 0 Å². The monoisotopic (exact) mass is 216 g/mol. The van der Waals surface area contributed by atoms with Gasteiger partial charge in [0.2, 0.25) is 0 Å². The number of nitrogens with two attached hydrogens (primary N) is 1. The highest BCUT2D eigenvalue weighted by Crippen LogP contribution is 2.15. The van der Waals surface area contributed by atoms with Gasteiger partial charge >= 0.3 is 0 Å². The van der Waals surface area contributed by atoms with Crippen molar-refractivity contribution < 1.29 is 0 Å². The molecule has 2 rings (SSSR count). The third-order valence-electron chi connectivity index (χ3n) is 2.56. The number of rotatable bonds is 5. The van der Waals surface area contributed by atoms with Gasteiger partial charge in [-0.15, -0.1) is 5.10 Å². The lowest BCUT2D eigenvalue weighted by molar-refractivity contribution is 0.730. The summed E-state index contributed by atoms with van der Waals surface area (Å²) in [5, 5.41) is 7.85. The van der Waals surface area contributed by atoms with Crippen molar-refractivity contribution in [3.05, 3.63) is 42.2 Å². The van der Waals surface area contributed by atoms with Gasteiger partial charge in [0.15, 0.2) is 0 Å². The summed E-state index contributed by atoms with van der Waals surface area (Å²) in [6, 6.07) is 8.27. The van der Waals surface area contributed by atoms with Crippen molar-refractivity contribution in [2.75, 3.05) is 6.54 Å². The average Bonchev–Trinajstić information content (AvgIpc) is 2.83. The van der Waals surface area contributed by atoms with Crippen LogP contribution in [0.5, 0.6) is 0 Å². The molecule has 2 N–H and O–H groups in total. The lowest BCUT2D eigenvalue weighted by atomic mass is 10.1. The van der Waals surface area contributed by atoms with E-state index in [0.717, 1.165) is 31.5 Å². The molecule has 0 radical (unpaired) electrons. The average molecular weight is 216 g/mol. The highest BCUT2D eigenvalue weighted by Gasteiger charge is 2.03. The van der Waals surface area contributed by atoms with Gasteiger partial charge in [-0.1, -0.05) is 23.4 Å². The van der Waals surface area contributed by atoms with Gasteiger partial charge in [-0.25, -0.2) is 4.68 Å². The molecule has 0 spiro atoms. The number of benzene rings is 1. The number of para-hydroxylation sites is 1. The van der Waals surface area contributed by atoms with Crippen LogP contribution in [0.1, 0.15) is 18.4 Å². The molecule has 1 heterocycles. The molecule has 0 aliphatic heterocycles. The second-order valence-corrected chi connectivity index (χ2v) is 3.72. The van der Waals surface area contributed by atoms with Gasteiger partial charge in [0.1, 0.15) is 0 Å². The van der Waals surface area contributed by atoms with E-state index in [2.05, 4.69) is 28.5 Å². The molecule has 1 aromatic heterocycles. The normalized spacial score (nSPS) is 10.6. The fraction of sp³-hybridized carbons (Fsp3) is 0.333. The number of aryl methyl sites for hydroxylation is 1. The molecule has 0 saturated heterocycles. The van der Waals surface area contributed by atoms with Gasteiger partial charge in [0.25, 0.3) is 0 Å². The zero-order valence-corrected chi connectivity index (χ0v) is 9.21. The third kappa shape index (κ3) is 2.46. The molecular formula is C12H16N4. The van der Waals surface area contributed by atoms with Crippen LogP contribution in [-0.2, 0) is 6.42 Å². The van der Waals surface area contributed by atoms with Gasteiger partial charge in [0, 0.05) is 0 Å². The zero-order valence-electron chi connectivity index (χ0n) is 9.21. The molecule has 0 bridgehead atoms. The molecule has 1 aromatic carbocycles. The SMILES string of the molecule is NCCCCc1ccccc1-n1ccnn1. The summed E-state index contributed by atoms with van der Waals surface area (Å²) in [5.41, 5.74) is 7.90. The van der Waals surface area contributed by atoms with E-state index in [9.17, 15) is 0 Å². The van der Waals surface area contributed by atoms with Crippen molar-refractivity contribution in [3.8, 4) is 5.69 Å². The first-order chi connectivity index (χ1) is 7.92. The molecule has 2 aromatic rings. The van der Waals surface area contributed by atoms with E-state index in [1.165, 1.54) is 5.56 Å². The first-order valence-electron chi connectivity index (χ1n) is 5.56. The fourth-order valence-electron chi connectivity index (χ4n) is 1.74. The van der Waals surface area contributed by atoms with Crippen LogP contribution in [0.4, 0.5) is 0 Å². The number of hydrogen-bond acceptors (Lipinski definition) is 3. The van der Waals surface area contributed by atoms with E-state index in [0.29, 0.717) is 0 Å². The molecule has 0 unspecified atom stereocenters. The van der Waals surface area contributed by atoms with Gasteiger partial charge in [-0.2, -0.15) is 0 Å². The fourth-order valence-corrected chi connectivity index (χ4v) is 1.74. The van der Waals surface area contributed by atoms with Crippen LogP contribution in [0.3, 0.4) is 0 Å². The topological polar surface area (TPSA) is 56.7 Å². The highest BCUT2D eigenvalue weighted by molar-refractivity contribution is 5.39. The van der Waals surface area contributed by atoms with Crippen molar-refractivity contribution in [1.82, 2.24) is 15.0 Å². The zero-order chi connectivity index (χ0) is 11.2. The van der Waals surface area contributed by atoms with Crippen molar-refractivity contribution in [3.63, 3.8) is 0 Å². The summed E-state index contributed by atoms with van der Waals surface area (Å²) in [6.07, 6.45) is 6.76. The Kier molecular flexibility index (Phi) is 3.66. The molecule has 0 saturated carbocycles. The molecule has 0 fully saturated rings. The largest absolute Gasteiger partial charge is 0.330 e. The summed E-state index contributed by atoms with van der Waals surface area (Å²) in [7, 11) is 0. The smallest absolute Gasteiger partial charge is 0.0697 e. The number of aromatic nitrogens is 3. The van der Waals surface area contributed by atoms with E-state index in [1.807, 2.05) is 12.3 Å². The van der Waals surface area contributed by atoms with Crippen LogP contribution >= 0.6 is 0 Å². The second-order valence-electron chi connectivity index (χ2n) is 3.72. The summed E-state index contributed by atoms with van der Waals surface area (Å²) in [4.78, 5) is 0. The maximum atomic E-state index is 5.50. The van der Waals surface area contributed by atoms with Gasteiger partial charge in [-0.05, 0) is 37.4 Å². The number of nitrogens with zero attached hydrogens (tertiary/aromatic N) is 3. The molecule has 0 aliphatic carbocycles. The first kappa shape index (κ1) is 10.8. The van der Waals surface area contributed by atoms with Crippen molar-refractivity contribution >= 4 is 0 Å². The van der Waals surface area contributed by atoms with E-state index in [-0.39, 0.29) is 0 Å². The Morgan fingerprint density at radius 1 is 1.19 bits per heavy atom. The third-order valence-corrected chi connectivity index (χ3v) is 2.56. The Morgan fingerprint density at radius 3 is 2.81 bits per heavy atom. The standard InChI is InChI=1S/C12H16N4/c13-8-4-3-6-11-5-1-2-7-12(11)16-10-9-14-15-16/h1-2,5,7,9-10H,3-4,6,8,13H2. The Morgan fingerprint density at radius 2 is 2.06 bits per heavy atom. The minimum Gasteiger partial charge on any atom is -0.330 e. The lowest BCUT2D eigenvalue weighted by Gasteiger charge is -2.08. The van der Waals surface area contributed by atoms with Crippen molar-refractivity contribution in [1.29, 1.82) is 0 Å². The molecule has 0 aliphatic rings. The molecule has 4 nitrogen and oxygen atoms in total. The second kappa shape index (κ2) is 5.42. The summed E-state index contributed by atoms with van der Waals surface area (Å²) in [6.45, 7) is 0.755. The number of hydrogen-bond donors (Lipinski definition) is 1. The minimum absolute atomic E-state index is 0.755. The predicted octanol–water partition coefficient (Wildman–Crippen LogP) is 1.55. The molecule has 4 heteroatoms. The van der Waals surface area contributed by atoms with Crippen molar-refractivity contribution in [2.45, 2.75) is 19.3 Å². The number of unbranched alkanes of at least 4 members (excludes halogenated alkanes) is 1. The van der Waals surface area contributed by atoms with Crippen molar-refractivity contribution in [2.24, 2.45) is 5.73 Å². The summed E-state index contributed by atoms with van der Waals surface area (Å²) >= 11 is 0. The van der Waals surface area contributed by atoms with Crippen LogP contribution < -0.4 is 5.73 Å². The Bertz CT molecular complexity index is 422.